The van der Waals surface area contributed by atoms with E-state index < -0.39 is 14.7 Å². The smallest absolute Gasteiger partial charge is 0.333 e. The molecule has 0 N–H and O–H groups in total. The second-order valence-corrected chi connectivity index (χ2v) is 6.67. The van der Waals surface area contributed by atoms with E-state index in [1.807, 2.05) is 20.0 Å². The van der Waals surface area contributed by atoms with E-state index in [9.17, 15) is 4.79 Å². The van der Waals surface area contributed by atoms with E-state index in [1.165, 1.54) is 0 Å². The highest BCUT2D eigenvalue weighted by Gasteiger charge is 2.29. The molecule has 0 amide bonds. The maximum Gasteiger partial charge on any atom is 0.333 e. The van der Waals surface area contributed by atoms with Crippen molar-refractivity contribution in [2.45, 2.75) is 40.0 Å². The van der Waals surface area contributed by atoms with Gasteiger partial charge < -0.3 is 13.6 Å². The summed E-state index contributed by atoms with van der Waals surface area (Å²) in [5.41, 5.74) is 0. The van der Waals surface area contributed by atoms with Crippen LogP contribution in [0.15, 0.2) is 0 Å². The van der Waals surface area contributed by atoms with Gasteiger partial charge in [-0.2, -0.15) is 0 Å². The Labute approximate surface area is 86.8 Å². The van der Waals surface area contributed by atoms with Gasteiger partial charge >= 0.3 is 14.5 Å². The molecule has 0 spiro atoms. The summed E-state index contributed by atoms with van der Waals surface area (Å²) in [5.74, 6) is -0.326. The Bertz CT molecular complexity index is 182. The van der Waals surface area contributed by atoms with Crippen molar-refractivity contribution in [2.24, 2.45) is 0 Å². The van der Waals surface area contributed by atoms with Gasteiger partial charge in [-0.15, -0.1) is 0 Å². The SMILES string of the molecule is CCOC(=O)C(C)O[Si](C)(C)OCC. The van der Waals surface area contributed by atoms with Crippen molar-refractivity contribution in [1.29, 1.82) is 0 Å². The molecule has 0 radical (unpaired) electrons. The molecular formula is C9H20O4Si. The van der Waals surface area contributed by atoms with Crippen molar-refractivity contribution in [3.63, 3.8) is 0 Å². The van der Waals surface area contributed by atoms with Gasteiger partial charge in [-0.25, -0.2) is 4.79 Å². The van der Waals surface area contributed by atoms with Gasteiger partial charge in [0.25, 0.3) is 0 Å². The molecule has 0 aliphatic rings. The monoisotopic (exact) mass is 220 g/mol. The molecule has 0 aromatic heterocycles. The zero-order valence-electron chi connectivity index (χ0n) is 9.62. The van der Waals surface area contributed by atoms with Gasteiger partial charge in [-0.3, -0.25) is 0 Å². The minimum atomic E-state index is -2.16. The minimum Gasteiger partial charge on any atom is -0.464 e. The lowest BCUT2D eigenvalue weighted by molar-refractivity contribution is -0.151. The predicted octanol–water partition coefficient (Wildman–Crippen LogP) is 1.69. The van der Waals surface area contributed by atoms with Crippen LogP contribution in [0.5, 0.6) is 0 Å². The van der Waals surface area contributed by atoms with Crippen LogP contribution in [-0.4, -0.2) is 33.8 Å². The molecule has 1 atom stereocenters. The number of ether oxygens (including phenoxy) is 1. The summed E-state index contributed by atoms with van der Waals surface area (Å²) in [4.78, 5) is 11.2. The molecule has 1 unspecified atom stereocenters. The number of rotatable bonds is 6. The highest BCUT2D eigenvalue weighted by molar-refractivity contribution is 6.64. The molecule has 5 heteroatoms. The van der Waals surface area contributed by atoms with E-state index in [0.717, 1.165) is 0 Å². The fraction of sp³-hybridized carbons (Fsp3) is 0.889. The predicted molar refractivity (Wildman–Crippen MR) is 56.3 cm³/mol. The van der Waals surface area contributed by atoms with E-state index >= 15 is 0 Å². The van der Waals surface area contributed by atoms with Crippen LogP contribution in [0.4, 0.5) is 0 Å². The van der Waals surface area contributed by atoms with Crippen molar-refractivity contribution in [2.75, 3.05) is 13.2 Å². The zero-order valence-corrected chi connectivity index (χ0v) is 10.6. The Morgan fingerprint density at radius 2 is 1.86 bits per heavy atom. The van der Waals surface area contributed by atoms with Crippen LogP contribution < -0.4 is 0 Å². The number of hydrogen-bond donors (Lipinski definition) is 0. The van der Waals surface area contributed by atoms with Gasteiger partial charge in [-0.05, 0) is 33.9 Å². The first-order chi connectivity index (χ1) is 6.43. The van der Waals surface area contributed by atoms with Crippen molar-refractivity contribution >= 4 is 14.5 Å². The highest BCUT2D eigenvalue weighted by Crippen LogP contribution is 2.10. The van der Waals surface area contributed by atoms with E-state index in [1.54, 1.807) is 13.8 Å². The molecule has 0 aromatic rings. The molecule has 14 heavy (non-hydrogen) atoms. The average molecular weight is 220 g/mol. The second-order valence-electron chi connectivity index (χ2n) is 3.34. The summed E-state index contributed by atoms with van der Waals surface area (Å²) in [6.45, 7) is 10.2. The molecular weight excluding hydrogens is 200 g/mol. The molecule has 84 valence electrons. The summed E-state index contributed by atoms with van der Waals surface area (Å²) in [5, 5.41) is 0. The Balaban J connectivity index is 4.03. The van der Waals surface area contributed by atoms with Crippen molar-refractivity contribution in [3.8, 4) is 0 Å². The summed E-state index contributed by atoms with van der Waals surface area (Å²) in [7, 11) is -2.16. The lowest BCUT2D eigenvalue weighted by Crippen LogP contribution is -2.41. The number of carbonyl (C=O) groups excluding carboxylic acids is 1. The van der Waals surface area contributed by atoms with Gasteiger partial charge in [0.1, 0.15) is 6.10 Å². The van der Waals surface area contributed by atoms with Crippen LogP contribution in [0.2, 0.25) is 13.1 Å². The van der Waals surface area contributed by atoms with Gasteiger partial charge in [0.2, 0.25) is 0 Å². The van der Waals surface area contributed by atoms with Crippen LogP contribution in [0.25, 0.3) is 0 Å². The number of esters is 1. The Kier molecular flexibility index (Phi) is 5.99. The number of carbonyl (C=O) groups is 1. The molecule has 0 saturated heterocycles. The molecule has 0 bridgehead atoms. The van der Waals surface area contributed by atoms with Gasteiger partial charge in [0.05, 0.1) is 6.61 Å². The molecule has 4 nitrogen and oxygen atoms in total. The Hall–Kier alpha value is -0.393. The standard InChI is InChI=1S/C9H20O4Si/c1-6-11-9(10)8(3)13-14(4,5)12-7-2/h8H,6-7H2,1-5H3. The van der Waals surface area contributed by atoms with Crippen LogP contribution in [-0.2, 0) is 18.4 Å². The minimum absolute atomic E-state index is 0.326. The normalized spacial score (nSPS) is 13.8. The Morgan fingerprint density at radius 3 is 2.29 bits per heavy atom. The quantitative estimate of drug-likeness (QED) is 0.505. The third kappa shape index (κ3) is 5.36. The fourth-order valence-electron chi connectivity index (χ4n) is 1.12. The maximum absolute atomic E-state index is 11.2. The van der Waals surface area contributed by atoms with Gasteiger partial charge in [0, 0.05) is 6.61 Å². The number of hydrogen-bond acceptors (Lipinski definition) is 4. The zero-order chi connectivity index (χ0) is 11.2. The van der Waals surface area contributed by atoms with E-state index in [4.69, 9.17) is 13.6 Å². The third-order valence-electron chi connectivity index (χ3n) is 1.57. The molecule has 0 aliphatic heterocycles. The third-order valence-corrected chi connectivity index (χ3v) is 3.48. The highest BCUT2D eigenvalue weighted by atomic mass is 28.4. The fourth-order valence-corrected chi connectivity index (χ4v) is 2.83. The molecule has 0 aromatic carbocycles. The van der Waals surface area contributed by atoms with E-state index in [-0.39, 0.29) is 5.97 Å². The largest absolute Gasteiger partial charge is 0.464 e. The summed E-state index contributed by atoms with van der Waals surface area (Å²) in [6.07, 6.45) is -0.539. The maximum atomic E-state index is 11.2. The summed E-state index contributed by atoms with van der Waals surface area (Å²) in [6, 6.07) is 0. The lowest BCUT2D eigenvalue weighted by atomic mass is 10.4. The first-order valence-corrected chi connectivity index (χ1v) is 7.73. The lowest BCUT2D eigenvalue weighted by Gasteiger charge is -2.25. The topological polar surface area (TPSA) is 44.8 Å². The van der Waals surface area contributed by atoms with E-state index in [0.29, 0.717) is 13.2 Å². The molecule has 0 fully saturated rings. The van der Waals surface area contributed by atoms with Crippen LogP contribution in [0.3, 0.4) is 0 Å². The summed E-state index contributed by atoms with van der Waals surface area (Å²) < 4.78 is 15.8. The van der Waals surface area contributed by atoms with Crippen molar-refractivity contribution in [1.82, 2.24) is 0 Å². The Morgan fingerprint density at radius 1 is 1.29 bits per heavy atom. The van der Waals surface area contributed by atoms with Gasteiger partial charge in [0.15, 0.2) is 0 Å². The summed E-state index contributed by atoms with van der Waals surface area (Å²) >= 11 is 0. The van der Waals surface area contributed by atoms with Gasteiger partial charge in [-0.1, -0.05) is 0 Å². The van der Waals surface area contributed by atoms with Crippen LogP contribution >= 0.6 is 0 Å². The molecule has 0 rings (SSSR count). The molecule has 0 heterocycles. The van der Waals surface area contributed by atoms with Crippen molar-refractivity contribution < 1.29 is 18.4 Å². The molecule has 0 saturated carbocycles. The molecule has 0 aliphatic carbocycles. The van der Waals surface area contributed by atoms with E-state index in [2.05, 4.69) is 0 Å². The first kappa shape index (κ1) is 13.6. The van der Waals surface area contributed by atoms with Crippen LogP contribution in [0.1, 0.15) is 20.8 Å². The van der Waals surface area contributed by atoms with Crippen molar-refractivity contribution in [3.05, 3.63) is 0 Å². The first-order valence-electron chi connectivity index (χ1n) is 4.91. The average Bonchev–Trinajstić information content (AvgIpc) is 2.03. The second kappa shape index (κ2) is 6.16. The van der Waals surface area contributed by atoms with Crippen LogP contribution in [0, 0.1) is 0 Å².